The van der Waals surface area contributed by atoms with Gasteiger partial charge in [-0.05, 0) is 59.3 Å². The van der Waals surface area contributed by atoms with E-state index in [0.29, 0.717) is 31.7 Å². The first-order chi connectivity index (χ1) is 13.0. The van der Waals surface area contributed by atoms with Crippen molar-refractivity contribution in [1.29, 1.82) is 0 Å². The number of esters is 1. The minimum absolute atomic E-state index is 0.0964. The summed E-state index contributed by atoms with van der Waals surface area (Å²) < 4.78 is 15.1. The fourth-order valence-electron chi connectivity index (χ4n) is 2.13. The van der Waals surface area contributed by atoms with E-state index in [0.717, 1.165) is 12.8 Å². The number of unbranched alkanes of at least 4 members (excludes halogenated alkanes) is 1. The van der Waals surface area contributed by atoms with Crippen LogP contribution in [0, 0.1) is 5.92 Å². The zero-order chi connectivity index (χ0) is 21.6. The molecule has 0 bridgehead atoms. The Balaban J connectivity index is 4.23. The van der Waals surface area contributed by atoms with Crippen LogP contribution in [0.2, 0.25) is 0 Å². The Morgan fingerprint density at radius 1 is 1.04 bits per heavy atom. The maximum absolute atomic E-state index is 11.9. The average Bonchev–Trinajstić information content (AvgIpc) is 2.55. The summed E-state index contributed by atoms with van der Waals surface area (Å²) in [5.74, 6) is -0.0746. The molecule has 0 unspecified atom stereocenters. The van der Waals surface area contributed by atoms with Gasteiger partial charge in [0.25, 0.3) is 0 Å². The van der Waals surface area contributed by atoms with Crippen LogP contribution in [0.25, 0.3) is 0 Å². The molecular weight excluding hydrogens is 364 g/mol. The van der Waals surface area contributed by atoms with Crippen molar-refractivity contribution in [2.75, 3.05) is 19.8 Å². The van der Waals surface area contributed by atoms with Gasteiger partial charge in [-0.1, -0.05) is 20.3 Å². The van der Waals surface area contributed by atoms with Crippen molar-refractivity contribution in [3.8, 4) is 0 Å². The Labute approximate surface area is 168 Å². The topological polar surface area (TPSA) is 103 Å². The summed E-state index contributed by atoms with van der Waals surface area (Å²) in [7, 11) is 0. The van der Waals surface area contributed by atoms with Crippen LogP contribution in [-0.2, 0) is 19.0 Å². The minimum atomic E-state index is -0.798. The molecule has 0 aliphatic carbocycles. The van der Waals surface area contributed by atoms with E-state index in [1.807, 2.05) is 0 Å². The van der Waals surface area contributed by atoms with E-state index in [9.17, 15) is 14.4 Å². The highest BCUT2D eigenvalue weighted by atomic mass is 16.6. The van der Waals surface area contributed by atoms with Crippen LogP contribution in [0.3, 0.4) is 0 Å². The molecule has 28 heavy (non-hydrogen) atoms. The molecule has 0 saturated heterocycles. The monoisotopic (exact) mass is 400 g/mol. The number of nitrogens with zero attached hydrogens (tertiary/aromatic N) is 1. The first kappa shape index (κ1) is 25.9. The molecular formula is C20H36N2O6. The Hall–Kier alpha value is -2.12. The average molecular weight is 401 g/mol. The number of hydrogen-bond donors (Lipinski definition) is 1. The van der Waals surface area contributed by atoms with E-state index >= 15 is 0 Å². The van der Waals surface area contributed by atoms with Crippen molar-refractivity contribution in [3.63, 3.8) is 0 Å². The molecule has 0 aromatic carbocycles. The van der Waals surface area contributed by atoms with Gasteiger partial charge in [0.1, 0.15) is 11.3 Å². The van der Waals surface area contributed by atoms with Crippen molar-refractivity contribution < 1.29 is 28.6 Å². The highest BCUT2D eigenvalue weighted by molar-refractivity contribution is 6.37. The lowest BCUT2D eigenvalue weighted by molar-refractivity contribution is -0.135. The molecule has 0 aliphatic heterocycles. The fraction of sp³-hybridized carbons (Fsp3) is 0.800. The number of carbonyl (C=O) groups excluding carboxylic acids is 3. The van der Waals surface area contributed by atoms with Crippen molar-refractivity contribution >= 4 is 23.9 Å². The molecule has 0 spiro atoms. The molecule has 0 fully saturated rings. The molecule has 0 atom stereocenters. The Morgan fingerprint density at radius 3 is 2.29 bits per heavy atom. The van der Waals surface area contributed by atoms with Gasteiger partial charge in [0, 0.05) is 6.54 Å². The summed E-state index contributed by atoms with van der Waals surface area (Å²) >= 11 is 0. The molecule has 0 aliphatic rings. The zero-order valence-corrected chi connectivity index (χ0v) is 18.1. The third-order valence-electron chi connectivity index (χ3n) is 3.40. The van der Waals surface area contributed by atoms with Gasteiger partial charge in [0.2, 0.25) is 0 Å². The summed E-state index contributed by atoms with van der Waals surface area (Å²) in [5, 5.41) is 2.63. The summed E-state index contributed by atoms with van der Waals surface area (Å²) in [4.78, 5) is 39.0. The van der Waals surface area contributed by atoms with Crippen molar-refractivity contribution in [1.82, 2.24) is 5.32 Å². The lowest BCUT2D eigenvalue weighted by Crippen LogP contribution is -2.33. The molecule has 0 radical (unpaired) electrons. The number of alkyl carbamates (subject to hydrolysis) is 1. The summed E-state index contributed by atoms with van der Waals surface area (Å²) in [6.07, 6.45) is 1.96. The largest absolute Gasteiger partial charge is 0.462 e. The predicted molar refractivity (Wildman–Crippen MR) is 108 cm³/mol. The van der Waals surface area contributed by atoms with E-state index < -0.39 is 23.8 Å². The molecule has 0 saturated carbocycles. The summed E-state index contributed by atoms with van der Waals surface area (Å²) in [5.41, 5.74) is -0.442. The molecule has 0 aromatic rings. The van der Waals surface area contributed by atoms with Crippen LogP contribution in [0.5, 0.6) is 0 Å². The van der Waals surface area contributed by atoms with Gasteiger partial charge in [0.15, 0.2) is 0 Å². The third kappa shape index (κ3) is 15.0. The second-order valence-corrected chi connectivity index (χ2v) is 7.82. The van der Waals surface area contributed by atoms with E-state index in [4.69, 9.17) is 14.2 Å². The number of ether oxygens (including phenoxy) is 3. The van der Waals surface area contributed by atoms with E-state index in [2.05, 4.69) is 24.2 Å². The van der Waals surface area contributed by atoms with Crippen molar-refractivity contribution in [2.45, 2.75) is 79.2 Å². The molecule has 0 heterocycles. The van der Waals surface area contributed by atoms with Crippen LogP contribution >= 0.6 is 0 Å². The van der Waals surface area contributed by atoms with Crippen molar-refractivity contribution in [2.24, 2.45) is 10.9 Å². The van der Waals surface area contributed by atoms with Crippen LogP contribution in [0.1, 0.15) is 73.6 Å². The highest BCUT2D eigenvalue weighted by Crippen LogP contribution is 2.09. The molecule has 1 N–H and O–H groups in total. The van der Waals surface area contributed by atoms with E-state index in [1.54, 1.807) is 27.7 Å². The van der Waals surface area contributed by atoms with Gasteiger partial charge in [-0.3, -0.25) is 0 Å². The van der Waals surface area contributed by atoms with Crippen LogP contribution in [0.4, 0.5) is 9.59 Å². The highest BCUT2D eigenvalue weighted by Gasteiger charge is 2.16. The van der Waals surface area contributed by atoms with Gasteiger partial charge < -0.3 is 19.5 Å². The van der Waals surface area contributed by atoms with Gasteiger partial charge in [0.05, 0.1) is 13.2 Å². The van der Waals surface area contributed by atoms with Gasteiger partial charge in [-0.25, -0.2) is 14.4 Å². The van der Waals surface area contributed by atoms with Crippen LogP contribution in [-0.4, -0.2) is 49.2 Å². The number of carbonyl (C=O) groups is 3. The molecule has 8 nitrogen and oxygen atoms in total. The minimum Gasteiger partial charge on any atom is -0.462 e. The number of amides is 2. The van der Waals surface area contributed by atoms with E-state index in [1.165, 1.54) is 0 Å². The van der Waals surface area contributed by atoms with Gasteiger partial charge in [-0.15, -0.1) is 0 Å². The molecule has 162 valence electrons. The fourth-order valence-corrected chi connectivity index (χ4v) is 2.13. The second kappa shape index (κ2) is 14.0. The lowest BCUT2D eigenvalue weighted by Gasteiger charge is -2.19. The SMILES string of the molecule is CCOC(=O)C(CCCC(C)C)=NC(=O)OCCCCNC(=O)OC(C)(C)C. The third-order valence-corrected chi connectivity index (χ3v) is 3.40. The Bertz CT molecular complexity index is 523. The number of aliphatic imine (C=N–C) groups is 1. The molecule has 8 heteroatoms. The summed E-state index contributed by atoms with van der Waals surface area (Å²) in [6, 6.07) is 0. The second-order valence-electron chi connectivity index (χ2n) is 7.82. The maximum atomic E-state index is 11.9. The normalized spacial score (nSPS) is 11.9. The first-order valence-corrected chi connectivity index (χ1v) is 9.93. The molecule has 0 rings (SSSR count). The smallest absolute Gasteiger partial charge is 0.434 e. The maximum Gasteiger partial charge on any atom is 0.434 e. The first-order valence-electron chi connectivity index (χ1n) is 9.93. The molecule has 2 amide bonds. The van der Waals surface area contributed by atoms with E-state index in [-0.39, 0.29) is 18.9 Å². The summed E-state index contributed by atoms with van der Waals surface area (Å²) in [6.45, 7) is 12.1. The Morgan fingerprint density at radius 2 is 1.71 bits per heavy atom. The van der Waals surface area contributed by atoms with Gasteiger partial charge in [-0.2, -0.15) is 4.99 Å². The lowest BCUT2D eigenvalue weighted by atomic mass is 10.0. The number of nitrogens with one attached hydrogen (secondary N) is 1. The Kier molecular flexibility index (Phi) is 12.9. The van der Waals surface area contributed by atoms with Gasteiger partial charge >= 0.3 is 18.2 Å². The molecule has 0 aromatic heterocycles. The van der Waals surface area contributed by atoms with Crippen LogP contribution in [0.15, 0.2) is 4.99 Å². The zero-order valence-electron chi connectivity index (χ0n) is 18.1. The van der Waals surface area contributed by atoms with Crippen LogP contribution < -0.4 is 5.32 Å². The number of rotatable bonds is 11. The number of hydrogen-bond acceptors (Lipinski definition) is 6. The quantitative estimate of drug-likeness (QED) is 0.241. The predicted octanol–water partition coefficient (Wildman–Crippen LogP) is 4.26. The standard InChI is InChI=1S/C20H36N2O6/c1-7-26-17(23)16(12-10-11-15(2)3)22-19(25)27-14-9-8-13-21-18(24)28-20(4,5)6/h15H,7-14H2,1-6H3,(H,21,24). The van der Waals surface area contributed by atoms with Crippen molar-refractivity contribution in [3.05, 3.63) is 0 Å².